The Morgan fingerprint density at radius 3 is 3.11 bits per heavy atom. The molecule has 5 nitrogen and oxygen atoms in total. The van der Waals surface area contributed by atoms with E-state index in [9.17, 15) is 4.79 Å². The van der Waals surface area contributed by atoms with Crippen molar-refractivity contribution in [3.63, 3.8) is 0 Å². The van der Waals surface area contributed by atoms with Crippen LogP contribution in [0.1, 0.15) is 31.2 Å². The summed E-state index contributed by atoms with van der Waals surface area (Å²) in [5, 5.41) is 3.31. The van der Waals surface area contributed by atoms with E-state index in [4.69, 9.17) is 0 Å². The van der Waals surface area contributed by atoms with E-state index in [1.54, 1.807) is 6.33 Å². The summed E-state index contributed by atoms with van der Waals surface area (Å²) in [6, 6.07) is -0.0977. The largest absolute Gasteiger partial charge is 0.347 e. The van der Waals surface area contributed by atoms with E-state index in [1.807, 2.05) is 4.90 Å². The van der Waals surface area contributed by atoms with Crippen molar-refractivity contribution in [3.8, 4) is 0 Å². The number of hydrogen-bond acceptors (Lipinski definition) is 3. The molecule has 2 aliphatic rings. The van der Waals surface area contributed by atoms with E-state index in [0.29, 0.717) is 13.0 Å². The minimum absolute atomic E-state index is 0.0977. The maximum absolute atomic E-state index is 12.4. The first-order chi connectivity index (χ1) is 8.78. The molecule has 1 aromatic rings. The molecule has 1 atom stereocenters. The molecule has 1 aliphatic heterocycles. The number of amides is 1. The van der Waals surface area contributed by atoms with Crippen molar-refractivity contribution in [3.05, 3.63) is 17.7 Å². The van der Waals surface area contributed by atoms with Crippen LogP contribution in [0.5, 0.6) is 0 Å². The van der Waals surface area contributed by atoms with Gasteiger partial charge in [0.25, 0.3) is 0 Å². The Hall–Kier alpha value is -1.36. The van der Waals surface area contributed by atoms with E-state index < -0.39 is 0 Å². The highest BCUT2D eigenvalue weighted by molar-refractivity contribution is 5.82. The van der Waals surface area contributed by atoms with Crippen LogP contribution < -0.4 is 5.32 Å². The van der Waals surface area contributed by atoms with Crippen LogP contribution in [0.3, 0.4) is 0 Å². The van der Waals surface area contributed by atoms with Gasteiger partial charge in [-0.15, -0.1) is 0 Å². The van der Waals surface area contributed by atoms with Gasteiger partial charge in [-0.2, -0.15) is 0 Å². The molecule has 1 amide bonds. The number of likely N-dealkylation sites (N-methyl/N-ethyl adjacent to an activating group) is 1. The molecule has 0 spiro atoms. The SMILES string of the molecule is CCN(CC1CC1)C(=O)C1Cc2nc[nH]c2CN1. The maximum atomic E-state index is 12.4. The lowest BCUT2D eigenvalue weighted by atomic mass is 10.0. The third-order valence-electron chi connectivity index (χ3n) is 3.90. The summed E-state index contributed by atoms with van der Waals surface area (Å²) in [6.07, 6.45) is 4.98. The Morgan fingerprint density at radius 1 is 1.56 bits per heavy atom. The van der Waals surface area contributed by atoms with E-state index in [0.717, 1.165) is 30.4 Å². The summed E-state index contributed by atoms with van der Waals surface area (Å²) < 4.78 is 0. The number of carbonyl (C=O) groups is 1. The van der Waals surface area contributed by atoms with Crippen molar-refractivity contribution in [2.75, 3.05) is 13.1 Å². The summed E-state index contributed by atoms with van der Waals surface area (Å²) in [4.78, 5) is 21.8. The number of hydrogen-bond donors (Lipinski definition) is 2. The van der Waals surface area contributed by atoms with Crippen LogP contribution in [0.2, 0.25) is 0 Å². The van der Waals surface area contributed by atoms with Crippen LogP contribution in [0.4, 0.5) is 0 Å². The van der Waals surface area contributed by atoms with Crippen molar-refractivity contribution < 1.29 is 4.79 Å². The number of rotatable bonds is 4. The molecule has 1 aromatic heterocycles. The minimum Gasteiger partial charge on any atom is -0.347 e. The van der Waals surface area contributed by atoms with Gasteiger partial charge in [-0.1, -0.05) is 0 Å². The molecule has 18 heavy (non-hydrogen) atoms. The van der Waals surface area contributed by atoms with Gasteiger partial charge in [-0.3, -0.25) is 10.1 Å². The second-order valence-corrected chi connectivity index (χ2v) is 5.29. The summed E-state index contributed by atoms with van der Waals surface area (Å²) in [7, 11) is 0. The molecular weight excluding hydrogens is 228 g/mol. The fourth-order valence-corrected chi connectivity index (χ4v) is 2.55. The average Bonchev–Trinajstić information content (AvgIpc) is 3.09. The van der Waals surface area contributed by atoms with Gasteiger partial charge in [0.2, 0.25) is 5.91 Å². The topological polar surface area (TPSA) is 61.0 Å². The molecule has 0 bridgehead atoms. The van der Waals surface area contributed by atoms with Gasteiger partial charge in [-0.25, -0.2) is 4.98 Å². The van der Waals surface area contributed by atoms with Crippen LogP contribution in [-0.2, 0) is 17.8 Å². The van der Waals surface area contributed by atoms with E-state index in [2.05, 4.69) is 22.2 Å². The smallest absolute Gasteiger partial charge is 0.240 e. The number of aromatic amines is 1. The molecule has 1 aliphatic carbocycles. The summed E-state index contributed by atoms with van der Waals surface area (Å²) in [5.41, 5.74) is 2.15. The number of nitrogens with zero attached hydrogens (tertiary/aromatic N) is 2. The van der Waals surface area contributed by atoms with Gasteiger partial charge in [0.1, 0.15) is 0 Å². The Labute approximate surface area is 107 Å². The predicted octanol–water partition coefficient (Wildman–Crippen LogP) is 0.682. The van der Waals surface area contributed by atoms with Crippen LogP contribution in [0.15, 0.2) is 6.33 Å². The first kappa shape index (κ1) is 11.7. The Balaban J connectivity index is 1.65. The highest BCUT2D eigenvalue weighted by Crippen LogP contribution is 2.30. The average molecular weight is 248 g/mol. The van der Waals surface area contributed by atoms with Crippen LogP contribution in [0.25, 0.3) is 0 Å². The van der Waals surface area contributed by atoms with Crippen molar-refractivity contribution >= 4 is 5.91 Å². The highest BCUT2D eigenvalue weighted by Gasteiger charge is 2.31. The molecule has 0 radical (unpaired) electrons. The van der Waals surface area contributed by atoms with Crippen molar-refractivity contribution in [2.45, 2.75) is 38.8 Å². The van der Waals surface area contributed by atoms with Crippen LogP contribution in [-0.4, -0.2) is 39.9 Å². The second kappa shape index (κ2) is 4.72. The summed E-state index contributed by atoms with van der Waals surface area (Å²) >= 11 is 0. The molecule has 1 fully saturated rings. The van der Waals surface area contributed by atoms with E-state index in [1.165, 1.54) is 12.8 Å². The van der Waals surface area contributed by atoms with Gasteiger partial charge >= 0.3 is 0 Å². The van der Waals surface area contributed by atoms with Gasteiger partial charge in [-0.05, 0) is 25.7 Å². The molecule has 2 heterocycles. The lowest BCUT2D eigenvalue weighted by Crippen LogP contribution is -2.50. The van der Waals surface area contributed by atoms with E-state index in [-0.39, 0.29) is 11.9 Å². The fourth-order valence-electron chi connectivity index (χ4n) is 2.55. The number of imidazole rings is 1. The molecule has 2 N–H and O–H groups in total. The normalized spacial score (nSPS) is 22.6. The Morgan fingerprint density at radius 2 is 2.39 bits per heavy atom. The number of fused-ring (bicyclic) bond motifs is 1. The number of nitrogens with one attached hydrogen (secondary N) is 2. The molecule has 98 valence electrons. The molecule has 5 heteroatoms. The summed E-state index contributed by atoms with van der Waals surface area (Å²) in [6.45, 7) is 4.51. The lowest BCUT2D eigenvalue weighted by molar-refractivity contribution is -0.133. The van der Waals surface area contributed by atoms with E-state index >= 15 is 0 Å². The molecule has 3 rings (SSSR count). The summed E-state index contributed by atoms with van der Waals surface area (Å²) in [5.74, 6) is 0.983. The predicted molar refractivity (Wildman–Crippen MR) is 67.9 cm³/mol. The fraction of sp³-hybridized carbons (Fsp3) is 0.692. The maximum Gasteiger partial charge on any atom is 0.240 e. The van der Waals surface area contributed by atoms with Gasteiger partial charge in [0, 0.05) is 26.1 Å². The number of carbonyl (C=O) groups excluding carboxylic acids is 1. The zero-order valence-electron chi connectivity index (χ0n) is 10.8. The second-order valence-electron chi connectivity index (χ2n) is 5.29. The molecule has 0 saturated heterocycles. The van der Waals surface area contributed by atoms with Crippen LogP contribution in [0, 0.1) is 5.92 Å². The first-order valence-corrected chi connectivity index (χ1v) is 6.81. The third-order valence-corrected chi connectivity index (χ3v) is 3.90. The molecule has 1 unspecified atom stereocenters. The molecular formula is C13H20N4O. The molecule has 1 saturated carbocycles. The van der Waals surface area contributed by atoms with Gasteiger partial charge < -0.3 is 9.88 Å². The first-order valence-electron chi connectivity index (χ1n) is 6.81. The lowest BCUT2D eigenvalue weighted by Gasteiger charge is -2.29. The molecule has 0 aromatic carbocycles. The van der Waals surface area contributed by atoms with Crippen molar-refractivity contribution in [1.29, 1.82) is 0 Å². The third kappa shape index (κ3) is 2.27. The Kier molecular flexibility index (Phi) is 3.07. The highest BCUT2D eigenvalue weighted by atomic mass is 16.2. The van der Waals surface area contributed by atoms with Crippen LogP contribution >= 0.6 is 0 Å². The number of H-pyrrole nitrogens is 1. The van der Waals surface area contributed by atoms with Gasteiger partial charge in [0.05, 0.1) is 23.8 Å². The Bertz CT molecular complexity index is 438. The van der Waals surface area contributed by atoms with Crippen molar-refractivity contribution in [2.24, 2.45) is 5.92 Å². The number of aromatic nitrogens is 2. The van der Waals surface area contributed by atoms with Crippen molar-refractivity contribution in [1.82, 2.24) is 20.2 Å². The standard InChI is InChI=1S/C13H20N4O/c1-2-17(7-9-3-4-9)13(18)11-5-10-12(6-14-11)16-8-15-10/h8-9,11,14H,2-7H2,1H3,(H,15,16). The zero-order valence-corrected chi connectivity index (χ0v) is 10.8. The minimum atomic E-state index is -0.0977. The quantitative estimate of drug-likeness (QED) is 0.824. The van der Waals surface area contributed by atoms with Gasteiger partial charge in [0.15, 0.2) is 0 Å². The zero-order chi connectivity index (χ0) is 12.5. The monoisotopic (exact) mass is 248 g/mol.